The van der Waals surface area contributed by atoms with E-state index in [0.29, 0.717) is 16.8 Å². The van der Waals surface area contributed by atoms with Crippen LogP contribution >= 0.6 is 0 Å². The van der Waals surface area contributed by atoms with Gasteiger partial charge in [-0.15, -0.1) is 0 Å². The maximum atomic E-state index is 12.7. The molecule has 0 saturated heterocycles. The highest BCUT2D eigenvalue weighted by molar-refractivity contribution is 6.06. The van der Waals surface area contributed by atoms with Gasteiger partial charge in [0.2, 0.25) is 0 Å². The van der Waals surface area contributed by atoms with Gasteiger partial charge in [-0.1, -0.05) is 24.0 Å². The Labute approximate surface area is 158 Å². The van der Waals surface area contributed by atoms with Crippen LogP contribution in [0.5, 0.6) is 11.5 Å². The topological polar surface area (TPSA) is 47.6 Å². The number of hydrogen-bond acceptors (Lipinski definition) is 3. The van der Waals surface area contributed by atoms with Gasteiger partial charge in [0.25, 0.3) is 5.91 Å². The Morgan fingerprint density at radius 2 is 1.37 bits per heavy atom. The molecular formula is C23H19NO3. The molecule has 134 valence electrons. The molecule has 1 N–H and O–H groups in total. The van der Waals surface area contributed by atoms with E-state index in [2.05, 4.69) is 17.2 Å². The zero-order valence-electron chi connectivity index (χ0n) is 15.2. The third-order valence-corrected chi connectivity index (χ3v) is 3.95. The van der Waals surface area contributed by atoms with Gasteiger partial charge < -0.3 is 14.8 Å². The Morgan fingerprint density at radius 1 is 0.778 bits per heavy atom. The standard InChI is InChI=1S/C23H19NO3/c1-26-20-13-8-17(9-14-20)7-10-18-5-3-4-6-22(18)23(25)24-19-11-15-21(27-2)16-12-19/h3-6,8-9,11-16H,1-2H3,(H,24,25). The van der Waals surface area contributed by atoms with Gasteiger partial charge in [-0.25, -0.2) is 0 Å². The van der Waals surface area contributed by atoms with E-state index in [0.717, 1.165) is 17.1 Å². The van der Waals surface area contributed by atoms with E-state index in [1.807, 2.05) is 42.5 Å². The summed E-state index contributed by atoms with van der Waals surface area (Å²) in [6.07, 6.45) is 0. The van der Waals surface area contributed by atoms with Crippen molar-refractivity contribution in [1.82, 2.24) is 0 Å². The van der Waals surface area contributed by atoms with Crippen LogP contribution in [0.15, 0.2) is 72.8 Å². The summed E-state index contributed by atoms with van der Waals surface area (Å²) in [5.41, 5.74) is 2.73. The van der Waals surface area contributed by atoms with Crippen LogP contribution in [0, 0.1) is 11.8 Å². The highest BCUT2D eigenvalue weighted by Crippen LogP contribution is 2.17. The van der Waals surface area contributed by atoms with Crippen molar-refractivity contribution < 1.29 is 14.3 Å². The quantitative estimate of drug-likeness (QED) is 0.706. The Kier molecular flexibility index (Phi) is 5.76. The molecule has 0 aliphatic rings. The average molecular weight is 357 g/mol. The molecule has 0 fully saturated rings. The number of rotatable bonds is 4. The first-order valence-corrected chi connectivity index (χ1v) is 8.40. The molecule has 3 aromatic rings. The van der Waals surface area contributed by atoms with Gasteiger partial charge in [0.1, 0.15) is 11.5 Å². The molecule has 27 heavy (non-hydrogen) atoms. The number of carbonyl (C=O) groups is 1. The SMILES string of the molecule is COc1ccc(C#Cc2ccccc2C(=O)Nc2ccc(OC)cc2)cc1. The lowest BCUT2D eigenvalue weighted by Gasteiger charge is -2.08. The minimum atomic E-state index is -0.209. The van der Waals surface area contributed by atoms with Crippen LogP contribution < -0.4 is 14.8 Å². The number of carbonyl (C=O) groups excluding carboxylic acids is 1. The molecule has 0 aliphatic carbocycles. The second kappa shape index (κ2) is 8.59. The molecule has 0 unspecified atom stereocenters. The summed E-state index contributed by atoms with van der Waals surface area (Å²) in [4.78, 5) is 12.7. The molecule has 0 heterocycles. The summed E-state index contributed by atoms with van der Waals surface area (Å²) in [7, 11) is 3.23. The van der Waals surface area contributed by atoms with Crippen LogP contribution in [0.25, 0.3) is 0 Å². The molecule has 3 aromatic carbocycles. The molecule has 1 amide bonds. The lowest BCUT2D eigenvalue weighted by atomic mass is 10.1. The van der Waals surface area contributed by atoms with Crippen LogP contribution in [0.4, 0.5) is 5.69 Å². The largest absolute Gasteiger partial charge is 0.497 e. The lowest BCUT2D eigenvalue weighted by Crippen LogP contribution is -2.13. The fourth-order valence-electron chi connectivity index (χ4n) is 2.48. The first kappa shape index (κ1) is 18.1. The third-order valence-electron chi connectivity index (χ3n) is 3.95. The van der Waals surface area contributed by atoms with Crippen LogP contribution in [-0.2, 0) is 0 Å². The van der Waals surface area contributed by atoms with Gasteiger partial charge in [-0.05, 0) is 60.7 Å². The molecule has 0 aromatic heterocycles. The van der Waals surface area contributed by atoms with Crippen molar-refractivity contribution in [3.05, 3.63) is 89.5 Å². The van der Waals surface area contributed by atoms with Gasteiger partial charge in [-0.3, -0.25) is 4.79 Å². The van der Waals surface area contributed by atoms with E-state index in [-0.39, 0.29) is 5.91 Å². The predicted molar refractivity (Wildman–Crippen MR) is 106 cm³/mol. The number of ether oxygens (including phenoxy) is 2. The molecule has 3 rings (SSSR count). The van der Waals surface area contributed by atoms with E-state index in [4.69, 9.17) is 9.47 Å². The van der Waals surface area contributed by atoms with Crippen LogP contribution in [-0.4, -0.2) is 20.1 Å². The van der Waals surface area contributed by atoms with Crippen LogP contribution in [0.3, 0.4) is 0 Å². The zero-order chi connectivity index (χ0) is 19.1. The maximum Gasteiger partial charge on any atom is 0.256 e. The van der Waals surface area contributed by atoms with Crippen LogP contribution in [0.1, 0.15) is 21.5 Å². The Bertz CT molecular complexity index is 981. The first-order chi connectivity index (χ1) is 13.2. The summed E-state index contributed by atoms with van der Waals surface area (Å²) in [6.45, 7) is 0. The number of hydrogen-bond donors (Lipinski definition) is 1. The lowest BCUT2D eigenvalue weighted by molar-refractivity contribution is 0.102. The molecule has 0 aliphatic heterocycles. The molecule has 0 spiro atoms. The van der Waals surface area contributed by atoms with Crippen molar-refractivity contribution in [3.63, 3.8) is 0 Å². The maximum absolute atomic E-state index is 12.7. The average Bonchev–Trinajstić information content (AvgIpc) is 2.73. The highest BCUT2D eigenvalue weighted by atomic mass is 16.5. The predicted octanol–water partition coefficient (Wildman–Crippen LogP) is 4.36. The second-order valence-electron chi connectivity index (χ2n) is 5.71. The van der Waals surface area contributed by atoms with E-state index in [1.54, 1.807) is 44.6 Å². The first-order valence-electron chi connectivity index (χ1n) is 8.40. The summed E-state index contributed by atoms with van der Waals surface area (Å²) >= 11 is 0. The van der Waals surface area contributed by atoms with Gasteiger partial charge >= 0.3 is 0 Å². The summed E-state index contributed by atoms with van der Waals surface area (Å²) in [5, 5.41) is 2.88. The molecule has 4 heteroatoms. The van der Waals surface area contributed by atoms with Gasteiger partial charge in [-0.2, -0.15) is 0 Å². The third kappa shape index (κ3) is 4.68. The van der Waals surface area contributed by atoms with Crippen molar-refractivity contribution >= 4 is 11.6 Å². The number of benzene rings is 3. The van der Waals surface area contributed by atoms with Crippen molar-refractivity contribution in [1.29, 1.82) is 0 Å². The van der Waals surface area contributed by atoms with Gasteiger partial charge in [0, 0.05) is 16.8 Å². The fourth-order valence-corrected chi connectivity index (χ4v) is 2.48. The highest BCUT2D eigenvalue weighted by Gasteiger charge is 2.10. The van der Waals surface area contributed by atoms with Crippen molar-refractivity contribution in [3.8, 4) is 23.3 Å². The minimum absolute atomic E-state index is 0.209. The second-order valence-corrected chi connectivity index (χ2v) is 5.71. The number of amides is 1. The molecule has 0 bridgehead atoms. The summed E-state index contributed by atoms with van der Waals surface area (Å²) < 4.78 is 10.3. The van der Waals surface area contributed by atoms with Gasteiger partial charge in [0.05, 0.1) is 19.8 Å². The number of nitrogens with one attached hydrogen (secondary N) is 1. The van der Waals surface area contributed by atoms with E-state index >= 15 is 0 Å². The minimum Gasteiger partial charge on any atom is -0.497 e. The summed E-state index contributed by atoms with van der Waals surface area (Å²) in [6, 6.07) is 21.9. The Morgan fingerprint density at radius 3 is 2.00 bits per heavy atom. The van der Waals surface area contributed by atoms with Crippen molar-refractivity contribution in [2.24, 2.45) is 0 Å². The molecule has 0 radical (unpaired) electrons. The molecule has 4 nitrogen and oxygen atoms in total. The smallest absolute Gasteiger partial charge is 0.256 e. The van der Waals surface area contributed by atoms with E-state index < -0.39 is 0 Å². The van der Waals surface area contributed by atoms with E-state index in [9.17, 15) is 4.79 Å². The van der Waals surface area contributed by atoms with Crippen LogP contribution in [0.2, 0.25) is 0 Å². The zero-order valence-corrected chi connectivity index (χ0v) is 15.2. The summed E-state index contributed by atoms with van der Waals surface area (Å²) in [5.74, 6) is 7.47. The van der Waals surface area contributed by atoms with E-state index in [1.165, 1.54) is 0 Å². The molecular weight excluding hydrogens is 338 g/mol. The number of methoxy groups -OCH3 is 2. The fraction of sp³-hybridized carbons (Fsp3) is 0.0870. The Hall–Kier alpha value is -3.71. The normalized spacial score (nSPS) is 9.70. The molecule has 0 saturated carbocycles. The van der Waals surface area contributed by atoms with Gasteiger partial charge in [0.15, 0.2) is 0 Å². The Balaban J connectivity index is 1.80. The van der Waals surface area contributed by atoms with Crippen molar-refractivity contribution in [2.75, 3.05) is 19.5 Å². The number of anilines is 1. The molecule has 0 atom stereocenters. The van der Waals surface area contributed by atoms with Crippen molar-refractivity contribution in [2.45, 2.75) is 0 Å². The monoisotopic (exact) mass is 357 g/mol.